The lowest BCUT2D eigenvalue weighted by Crippen LogP contribution is -2.26. The van der Waals surface area contributed by atoms with Crippen LogP contribution < -0.4 is 5.73 Å². The Morgan fingerprint density at radius 1 is 1.50 bits per heavy atom. The van der Waals surface area contributed by atoms with Gasteiger partial charge >= 0.3 is 0 Å². The fourth-order valence-electron chi connectivity index (χ4n) is 2.44. The molecule has 1 unspecified atom stereocenters. The molecule has 1 aliphatic rings. The molecule has 1 aliphatic heterocycles. The van der Waals surface area contributed by atoms with Gasteiger partial charge in [-0.25, -0.2) is 0 Å². The second-order valence-corrected chi connectivity index (χ2v) is 4.57. The fourth-order valence-corrected chi connectivity index (χ4v) is 2.44. The maximum atomic E-state index is 5.57. The molecule has 0 radical (unpaired) electrons. The Morgan fingerprint density at radius 2 is 2.38 bits per heavy atom. The van der Waals surface area contributed by atoms with Crippen LogP contribution in [0.2, 0.25) is 0 Å². The monoisotopic (exact) mass is 219 g/mol. The Morgan fingerprint density at radius 3 is 3.06 bits per heavy atom. The number of hydrogen-bond donors (Lipinski definition) is 1. The average Bonchev–Trinajstić information content (AvgIpc) is 2.75. The molecule has 0 aliphatic carbocycles. The first kappa shape index (κ1) is 11.6. The Balaban J connectivity index is 2.04. The first-order chi connectivity index (χ1) is 7.81. The molecule has 88 valence electrons. The van der Waals surface area contributed by atoms with Crippen LogP contribution in [-0.4, -0.2) is 29.5 Å². The third-order valence-corrected chi connectivity index (χ3v) is 3.33. The van der Waals surface area contributed by atoms with Gasteiger partial charge in [-0.15, -0.1) is 0 Å². The topological polar surface area (TPSA) is 42.1 Å². The smallest absolute Gasteiger partial charge is 0.0372 e. The van der Waals surface area contributed by atoms with E-state index in [2.05, 4.69) is 22.0 Å². The summed E-state index contributed by atoms with van der Waals surface area (Å²) in [6.07, 6.45) is 5.68. The third-order valence-electron chi connectivity index (χ3n) is 3.33. The van der Waals surface area contributed by atoms with Crippen molar-refractivity contribution < 1.29 is 0 Å². The molecule has 2 heterocycles. The van der Waals surface area contributed by atoms with Crippen LogP contribution in [0.4, 0.5) is 0 Å². The standard InChI is InChI=1S/C13H21N3/c1-11-5-6-12(10-15-11)13-4-2-8-16(13)9-3-7-14/h5-6,10,13H,2-4,7-9,14H2,1H3. The van der Waals surface area contributed by atoms with E-state index in [-0.39, 0.29) is 0 Å². The highest BCUT2D eigenvalue weighted by atomic mass is 15.2. The van der Waals surface area contributed by atoms with Crippen LogP contribution in [0, 0.1) is 6.92 Å². The number of pyridine rings is 1. The number of aryl methyl sites for hydroxylation is 1. The van der Waals surface area contributed by atoms with Crippen molar-refractivity contribution in [3.05, 3.63) is 29.6 Å². The molecule has 0 amide bonds. The molecule has 0 spiro atoms. The number of nitrogens with two attached hydrogens (primary N) is 1. The molecule has 1 aromatic heterocycles. The van der Waals surface area contributed by atoms with Crippen molar-refractivity contribution in [1.29, 1.82) is 0 Å². The molecule has 16 heavy (non-hydrogen) atoms. The number of aromatic nitrogens is 1. The van der Waals surface area contributed by atoms with Crippen LogP contribution in [0.15, 0.2) is 18.3 Å². The predicted octanol–water partition coefficient (Wildman–Crippen LogP) is 1.88. The zero-order chi connectivity index (χ0) is 11.4. The van der Waals surface area contributed by atoms with Crippen LogP contribution in [0.1, 0.15) is 36.6 Å². The van der Waals surface area contributed by atoms with E-state index in [0.717, 1.165) is 25.2 Å². The van der Waals surface area contributed by atoms with Crippen molar-refractivity contribution in [3.8, 4) is 0 Å². The lowest BCUT2D eigenvalue weighted by atomic mass is 10.1. The number of rotatable bonds is 4. The van der Waals surface area contributed by atoms with Crippen molar-refractivity contribution in [3.63, 3.8) is 0 Å². The summed E-state index contributed by atoms with van der Waals surface area (Å²) in [5.74, 6) is 0. The van der Waals surface area contributed by atoms with Crippen LogP contribution in [0.25, 0.3) is 0 Å². The van der Waals surface area contributed by atoms with E-state index in [1.807, 2.05) is 13.1 Å². The first-order valence-electron chi connectivity index (χ1n) is 6.18. The lowest BCUT2D eigenvalue weighted by Gasteiger charge is -2.24. The summed E-state index contributed by atoms with van der Waals surface area (Å²) in [6.45, 7) is 5.15. The third kappa shape index (κ3) is 2.60. The van der Waals surface area contributed by atoms with Gasteiger partial charge in [0.05, 0.1) is 0 Å². The SMILES string of the molecule is Cc1ccc(C2CCCN2CCCN)cn1. The average molecular weight is 219 g/mol. The molecule has 3 nitrogen and oxygen atoms in total. The summed E-state index contributed by atoms with van der Waals surface area (Å²) in [5.41, 5.74) is 8.03. The van der Waals surface area contributed by atoms with E-state index in [1.54, 1.807) is 0 Å². The van der Waals surface area contributed by atoms with Gasteiger partial charge in [-0.3, -0.25) is 9.88 Å². The summed E-state index contributed by atoms with van der Waals surface area (Å²) in [7, 11) is 0. The van der Waals surface area contributed by atoms with Gasteiger partial charge in [-0.05, 0) is 57.5 Å². The highest BCUT2D eigenvalue weighted by Crippen LogP contribution is 2.31. The molecule has 3 heteroatoms. The van der Waals surface area contributed by atoms with E-state index in [4.69, 9.17) is 5.73 Å². The second-order valence-electron chi connectivity index (χ2n) is 4.57. The fraction of sp³-hybridized carbons (Fsp3) is 0.615. The van der Waals surface area contributed by atoms with Gasteiger partial charge in [0.1, 0.15) is 0 Å². The summed E-state index contributed by atoms with van der Waals surface area (Å²) < 4.78 is 0. The van der Waals surface area contributed by atoms with E-state index in [1.165, 1.54) is 24.9 Å². The molecule has 0 bridgehead atoms. The van der Waals surface area contributed by atoms with E-state index < -0.39 is 0 Å². The zero-order valence-electron chi connectivity index (χ0n) is 10.0. The maximum Gasteiger partial charge on any atom is 0.0372 e. The summed E-state index contributed by atoms with van der Waals surface area (Å²) in [5, 5.41) is 0. The highest BCUT2D eigenvalue weighted by Gasteiger charge is 2.25. The molecule has 2 N–H and O–H groups in total. The van der Waals surface area contributed by atoms with E-state index in [0.29, 0.717) is 6.04 Å². The molecule has 1 saturated heterocycles. The first-order valence-corrected chi connectivity index (χ1v) is 6.18. The van der Waals surface area contributed by atoms with Crippen molar-refractivity contribution in [1.82, 2.24) is 9.88 Å². The normalized spacial score (nSPS) is 21.5. The quantitative estimate of drug-likeness (QED) is 0.840. The van der Waals surface area contributed by atoms with Crippen molar-refractivity contribution >= 4 is 0 Å². The van der Waals surface area contributed by atoms with Gasteiger partial charge in [-0.1, -0.05) is 6.07 Å². The van der Waals surface area contributed by atoms with Crippen molar-refractivity contribution in [2.45, 2.75) is 32.2 Å². The number of likely N-dealkylation sites (tertiary alicyclic amines) is 1. The largest absolute Gasteiger partial charge is 0.330 e. The molecule has 1 fully saturated rings. The van der Waals surface area contributed by atoms with Gasteiger partial charge in [-0.2, -0.15) is 0 Å². The van der Waals surface area contributed by atoms with Gasteiger partial charge in [0, 0.05) is 17.9 Å². The Bertz CT molecular complexity index is 320. The molecule has 1 atom stereocenters. The molecule has 0 saturated carbocycles. The van der Waals surface area contributed by atoms with Gasteiger partial charge in [0.25, 0.3) is 0 Å². The summed E-state index contributed by atoms with van der Waals surface area (Å²) >= 11 is 0. The van der Waals surface area contributed by atoms with Crippen molar-refractivity contribution in [2.75, 3.05) is 19.6 Å². The Kier molecular flexibility index (Phi) is 3.91. The van der Waals surface area contributed by atoms with Crippen LogP contribution in [0.5, 0.6) is 0 Å². The second kappa shape index (κ2) is 5.41. The predicted molar refractivity (Wildman–Crippen MR) is 66.2 cm³/mol. The minimum Gasteiger partial charge on any atom is -0.330 e. The zero-order valence-corrected chi connectivity index (χ0v) is 10.0. The van der Waals surface area contributed by atoms with Gasteiger partial charge in [0.2, 0.25) is 0 Å². The molecular weight excluding hydrogens is 198 g/mol. The molecule has 0 aromatic carbocycles. The Labute approximate surface area is 97.7 Å². The van der Waals surface area contributed by atoms with Crippen LogP contribution in [-0.2, 0) is 0 Å². The van der Waals surface area contributed by atoms with Gasteiger partial charge < -0.3 is 5.73 Å². The number of hydrogen-bond acceptors (Lipinski definition) is 3. The maximum absolute atomic E-state index is 5.57. The van der Waals surface area contributed by atoms with Crippen LogP contribution >= 0.6 is 0 Å². The minimum absolute atomic E-state index is 0.569. The summed E-state index contributed by atoms with van der Waals surface area (Å²) in [6, 6.07) is 4.89. The highest BCUT2D eigenvalue weighted by molar-refractivity contribution is 5.18. The van der Waals surface area contributed by atoms with E-state index in [9.17, 15) is 0 Å². The lowest BCUT2D eigenvalue weighted by molar-refractivity contribution is 0.255. The molecule has 2 rings (SSSR count). The molecule has 1 aromatic rings. The van der Waals surface area contributed by atoms with Crippen molar-refractivity contribution in [2.24, 2.45) is 5.73 Å². The van der Waals surface area contributed by atoms with Crippen LogP contribution in [0.3, 0.4) is 0 Å². The molecular formula is C13H21N3. The minimum atomic E-state index is 0.569. The Hall–Kier alpha value is -0.930. The van der Waals surface area contributed by atoms with E-state index >= 15 is 0 Å². The summed E-state index contributed by atoms with van der Waals surface area (Å²) in [4.78, 5) is 6.93. The number of nitrogens with zero attached hydrogens (tertiary/aromatic N) is 2. The van der Waals surface area contributed by atoms with Gasteiger partial charge in [0.15, 0.2) is 0 Å².